The van der Waals surface area contributed by atoms with E-state index in [0.29, 0.717) is 48.1 Å². The van der Waals surface area contributed by atoms with E-state index in [2.05, 4.69) is 4.90 Å². The van der Waals surface area contributed by atoms with Crippen molar-refractivity contribution < 1.29 is 18.3 Å². The summed E-state index contributed by atoms with van der Waals surface area (Å²) in [5, 5.41) is 10.4. The zero-order valence-electron chi connectivity index (χ0n) is 16.4. The highest BCUT2D eigenvalue weighted by molar-refractivity contribution is 7.89. The second-order valence-corrected chi connectivity index (χ2v) is 10.5. The third-order valence-electron chi connectivity index (χ3n) is 5.93. The maximum Gasteiger partial charge on any atom is 0.310 e. The van der Waals surface area contributed by atoms with Crippen molar-refractivity contribution in [3.63, 3.8) is 0 Å². The number of carboxylic acids is 1. The Morgan fingerprint density at radius 3 is 2.53 bits per heavy atom. The van der Waals surface area contributed by atoms with Crippen LogP contribution in [0.2, 0.25) is 10.0 Å². The number of anilines is 1. The summed E-state index contributed by atoms with van der Waals surface area (Å²) in [5.41, 5.74) is 2.43. The van der Waals surface area contributed by atoms with Crippen molar-refractivity contribution in [3.8, 4) is 0 Å². The summed E-state index contributed by atoms with van der Waals surface area (Å²) in [7, 11) is -3.74. The second-order valence-electron chi connectivity index (χ2n) is 7.80. The summed E-state index contributed by atoms with van der Waals surface area (Å²) < 4.78 is 28.2. The zero-order valence-corrected chi connectivity index (χ0v) is 18.7. The fourth-order valence-corrected chi connectivity index (χ4v) is 6.29. The fourth-order valence-electron chi connectivity index (χ4n) is 4.35. The van der Waals surface area contributed by atoms with Crippen LogP contribution in [-0.4, -0.2) is 49.5 Å². The van der Waals surface area contributed by atoms with Gasteiger partial charge in [0.05, 0.1) is 20.9 Å². The lowest BCUT2D eigenvalue weighted by Crippen LogP contribution is -2.54. The average Bonchev–Trinajstić information content (AvgIpc) is 3.13. The lowest BCUT2D eigenvalue weighted by Gasteiger charge is -2.40. The highest BCUT2D eigenvalue weighted by Gasteiger charge is 2.36. The lowest BCUT2D eigenvalue weighted by atomic mass is 10.0. The van der Waals surface area contributed by atoms with E-state index in [0.717, 1.165) is 11.3 Å². The van der Waals surface area contributed by atoms with Crippen LogP contribution in [0.1, 0.15) is 30.4 Å². The minimum absolute atomic E-state index is 0.157. The fraction of sp³-hybridized carbons (Fsp3) is 0.381. The Balaban J connectivity index is 1.57. The van der Waals surface area contributed by atoms with Crippen LogP contribution in [0, 0.1) is 0 Å². The summed E-state index contributed by atoms with van der Waals surface area (Å²) >= 11 is 12.1. The molecule has 2 atom stereocenters. The molecule has 0 aromatic heterocycles. The van der Waals surface area contributed by atoms with Gasteiger partial charge >= 0.3 is 5.97 Å². The van der Waals surface area contributed by atoms with Gasteiger partial charge in [0.2, 0.25) is 10.0 Å². The van der Waals surface area contributed by atoms with E-state index in [1.807, 2.05) is 13.0 Å². The minimum atomic E-state index is -3.74. The van der Waals surface area contributed by atoms with E-state index in [4.69, 9.17) is 23.2 Å². The quantitative estimate of drug-likeness (QED) is 0.733. The molecule has 0 bridgehead atoms. The van der Waals surface area contributed by atoms with Gasteiger partial charge in [0.1, 0.15) is 0 Å². The first kappa shape index (κ1) is 21.4. The van der Waals surface area contributed by atoms with E-state index < -0.39 is 21.9 Å². The van der Waals surface area contributed by atoms with Gasteiger partial charge in [-0.1, -0.05) is 29.3 Å². The van der Waals surface area contributed by atoms with E-state index in [1.165, 1.54) is 4.31 Å². The van der Waals surface area contributed by atoms with Crippen LogP contribution >= 0.6 is 23.2 Å². The molecule has 0 radical (unpaired) electrons. The number of halogens is 2. The molecule has 2 aromatic carbocycles. The molecule has 1 N–H and O–H groups in total. The molecule has 0 spiro atoms. The Kier molecular flexibility index (Phi) is 5.74. The van der Waals surface area contributed by atoms with Gasteiger partial charge in [-0.15, -0.1) is 0 Å². The molecule has 6 nitrogen and oxygen atoms in total. The normalized spacial score (nSPS) is 22.2. The number of hydrogen-bond donors (Lipinski definition) is 1. The van der Waals surface area contributed by atoms with Gasteiger partial charge in [-0.2, -0.15) is 4.31 Å². The van der Waals surface area contributed by atoms with Gasteiger partial charge in [0.15, 0.2) is 0 Å². The summed E-state index contributed by atoms with van der Waals surface area (Å²) in [5.74, 6) is -1.55. The van der Waals surface area contributed by atoms with E-state index >= 15 is 0 Å². The van der Waals surface area contributed by atoms with Gasteiger partial charge in [-0.05, 0) is 61.2 Å². The Bertz CT molecular complexity index is 1110. The number of carboxylic acid groups (broad SMARTS) is 1. The van der Waals surface area contributed by atoms with Crippen molar-refractivity contribution in [1.29, 1.82) is 0 Å². The molecule has 2 aromatic rings. The average molecular weight is 469 g/mol. The summed E-state index contributed by atoms with van der Waals surface area (Å²) in [6.45, 7) is 3.22. The maximum absolute atomic E-state index is 13.3. The van der Waals surface area contributed by atoms with Crippen molar-refractivity contribution in [3.05, 3.63) is 57.6 Å². The van der Waals surface area contributed by atoms with Crippen LogP contribution in [0.5, 0.6) is 0 Å². The molecule has 1 unspecified atom stereocenters. The van der Waals surface area contributed by atoms with E-state index in [9.17, 15) is 18.3 Å². The third-order valence-corrected chi connectivity index (χ3v) is 8.68. The van der Waals surface area contributed by atoms with Crippen LogP contribution in [0.3, 0.4) is 0 Å². The lowest BCUT2D eigenvalue weighted by molar-refractivity contribution is -0.138. The van der Waals surface area contributed by atoms with Gasteiger partial charge < -0.3 is 10.0 Å². The number of piperazine rings is 1. The van der Waals surface area contributed by atoms with Crippen molar-refractivity contribution in [2.24, 2.45) is 0 Å². The van der Waals surface area contributed by atoms with E-state index in [1.54, 1.807) is 30.3 Å². The smallest absolute Gasteiger partial charge is 0.310 e. The number of hydrogen-bond acceptors (Lipinski definition) is 4. The molecule has 1 saturated heterocycles. The van der Waals surface area contributed by atoms with E-state index in [-0.39, 0.29) is 10.9 Å². The first-order chi connectivity index (χ1) is 14.2. The monoisotopic (exact) mass is 468 g/mol. The van der Waals surface area contributed by atoms with Crippen molar-refractivity contribution >= 4 is 44.9 Å². The topological polar surface area (TPSA) is 77.9 Å². The summed E-state index contributed by atoms with van der Waals surface area (Å²) in [6, 6.07) is 10.0. The molecule has 1 fully saturated rings. The zero-order chi connectivity index (χ0) is 21.6. The van der Waals surface area contributed by atoms with Crippen LogP contribution < -0.4 is 4.90 Å². The number of benzene rings is 2. The Morgan fingerprint density at radius 1 is 1.10 bits per heavy atom. The van der Waals surface area contributed by atoms with Crippen molar-refractivity contribution in [2.45, 2.75) is 36.6 Å². The largest absolute Gasteiger partial charge is 0.481 e. The second kappa shape index (κ2) is 8.04. The third kappa shape index (κ3) is 3.80. The van der Waals surface area contributed by atoms with Crippen LogP contribution in [-0.2, 0) is 21.2 Å². The van der Waals surface area contributed by atoms with Gasteiger partial charge in [-0.3, -0.25) is 4.79 Å². The number of fused-ring (bicyclic) bond motifs is 1. The van der Waals surface area contributed by atoms with Crippen molar-refractivity contribution in [1.82, 2.24) is 4.31 Å². The molecular formula is C21H22Cl2N2O4S. The highest BCUT2D eigenvalue weighted by Crippen LogP contribution is 2.36. The Labute approximate surface area is 186 Å². The molecule has 4 rings (SSSR count). The summed E-state index contributed by atoms with van der Waals surface area (Å²) in [6.07, 6.45) is 1.16. The van der Waals surface area contributed by atoms with Gasteiger partial charge in [0, 0.05) is 31.4 Å². The number of sulfonamides is 1. The Morgan fingerprint density at radius 2 is 1.87 bits per heavy atom. The predicted molar refractivity (Wildman–Crippen MR) is 117 cm³/mol. The van der Waals surface area contributed by atoms with Crippen LogP contribution in [0.15, 0.2) is 41.3 Å². The molecule has 2 aliphatic rings. The van der Waals surface area contributed by atoms with Gasteiger partial charge in [-0.25, -0.2) is 8.42 Å². The molecule has 160 valence electrons. The highest BCUT2D eigenvalue weighted by atomic mass is 35.5. The molecule has 30 heavy (non-hydrogen) atoms. The molecule has 1 aliphatic heterocycles. The Hall–Kier alpha value is -1.80. The number of rotatable bonds is 4. The number of carbonyl (C=O) groups is 1. The van der Waals surface area contributed by atoms with Crippen molar-refractivity contribution in [2.75, 3.05) is 24.5 Å². The number of aliphatic carboxylic acids is 1. The number of nitrogens with zero attached hydrogens (tertiary/aromatic N) is 2. The first-order valence-electron chi connectivity index (χ1n) is 9.76. The molecule has 9 heteroatoms. The minimum Gasteiger partial charge on any atom is -0.481 e. The van der Waals surface area contributed by atoms with Gasteiger partial charge in [0.25, 0.3) is 0 Å². The van der Waals surface area contributed by atoms with Crippen LogP contribution in [0.25, 0.3) is 0 Å². The first-order valence-corrected chi connectivity index (χ1v) is 12.0. The molecule has 0 saturated carbocycles. The SMILES string of the molecule is C[C@H]1CN(c2ccc(Cl)c(Cl)c2)CCN1S(=O)(=O)c1ccc2c(c1)C(C(=O)O)CC2. The van der Waals surface area contributed by atoms with Crippen LogP contribution in [0.4, 0.5) is 5.69 Å². The summed E-state index contributed by atoms with van der Waals surface area (Å²) in [4.78, 5) is 13.8. The molecule has 1 aliphatic carbocycles. The standard InChI is InChI=1S/C21H22Cl2N2O4S/c1-13-12-24(15-4-7-19(22)20(23)10-15)8-9-25(13)30(28,29)16-5-2-14-3-6-17(21(26)27)18(14)11-16/h2,4-5,7,10-11,13,17H,3,6,8-9,12H2,1H3,(H,26,27)/t13-,17?/m0/s1. The number of aryl methyl sites for hydroxylation is 1. The predicted octanol–water partition coefficient (Wildman–Crippen LogP) is 4.01. The molecule has 0 amide bonds. The molecular weight excluding hydrogens is 447 g/mol. The molecule has 1 heterocycles. The maximum atomic E-state index is 13.3.